The van der Waals surface area contributed by atoms with Crippen LogP contribution in [0.5, 0.6) is 0 Å². The largest absolute Gasteiger partial charge is 0.317 e. The third kappa shape index (κ3) is 4.33. The molecule has 9 heteroatoms. The number of thiophene rings is 1. The molecule has 0 bridgehead atoms. The molecule has 0 spiro atoms. The van der Waals surface area contributed by atoms with Crippen LogP contribution in [0.4, 0.5) is 5.00 Å². The van der Waals surface area contributed by atoms with Crippen LogP contribution in [0.3, 0.4) is 0 Å². The van der Waals surface area contributed by atoms with Gasteiger partial charge in [-0.15, -0.1) is 22.7 Å². The number of aromatic nitrogens is 2. The van der Waals surface area contributed by atoms with E-state index in [9.17, 15) is 4.79 Å². The average molecular weight is 483 g/mol. The van der Waals surface area contributed by atoms with Gasteiger partial charge < -0.3 is 21.3 Å². The normalized spacial score (nSPS) is 26.5. The Bertz CT molecular complexity index is 1130. The molecule has 33 heavy (non-hydrogen) atoms. The zero-order chi connectivity index (χ0) is 22.4. The lowest BCUT2D eigenvalue weighted by Gasteiger charge is -2.20. The Kier molecular flexibility index (Phi) is 5.92. The molecule has 2 fully saturated rings. The van der Waals surface area contributed by atoms with Crippen molar-refractivity contribution in [3.63, 3.8) is 0 Å². The Morgan fingerprint density at radius 2 is 2.09 bits per heavy atom. The van der Waals surface area contributed by atoms with E-state index in [-0.39, 0.29) is 5.91 Å². The maximum atomic E-state index is 12.9. The van der Waals surface area contributed by atoms with Gasteiger partial charge in [-0.1, -0.05) is 0 Å². The minimum absolute atomic E-state index is 0.0750. The number of pyridine rings is 1. The van der Waals surface area contributed by atoms with Crippen molar-refractivity contribution < 1.29 is 4.79 Å². The van der Waals surface area contributed by atoms with Gasteiger partial charge in [0.25, 0.3) is 0 Å². The summed E-state index contributed by atoms with van der Waals surface area (Å²) in [6.45, 7) is 6.10. The standard InChI is InChI=1S/C24H30N6OS2/c1-13-6-17-20(12-28-13)33-24(22(17)23-29-18-11-25-4-2-19(18)32-23)30-21(31)3-5-27-16-7-14-9-26-10-15(14)8-16/h2,4,11,13-16,26-28H,3,5-10,12H2,1H3,(H,30,31)/t13-,14?,15?,16?/m1/s1. The fraction of sp³-hybridized carbons (Fsp3) is 0.542. The van der Waals surface area contributed by atoms with Crippen LogP contribution in [-0.2, 0) is 17.8 Å². The molecule has 3 aliphatic rings. The number of nitrogens with one attached hydrogen (secondary N) is 4. The van der Waals surface area contributed by atoms with Crippen molar-refractivity contribution in [2.45, 2.75) is 51.2 Å². The summed E-state index contributed by atoms with van der Waals surface area (Å²) in [7, 11) is 0. The first-order chi connectivity index (χ1) is 16.1. The quantitative estimate of drug-likeness (QED) is 0.431. The predicted molar refractivity (Wildman–Crippen MR) is 135 cm³/mol. The Labute approximate surface area is 201 Å². The van der Waals surface area contributed by atoms with Crippen LogP contribution in [0, 0.1) is 11.8 Å². The van der Waals surface area contributed by atoms with Crippen molar-refractivity contribution in [2.24, 2.45) is 11.8 Å². The summed E-state index contributed by atoms with van der Waals surface area (Å²) >= 11 is 3.38. The number of fused-ring (bicyclic) bond motifs is 3. The van der Waals surface area contributed by atoms with Gasteiger partial charge in [0.15, 0.2) is 0 Å². The van der Waals surface area contributed by atoms with E-state index in [1.807, 2.05) is 18.5 Å². The van der Waals surface area contributed by atoms with E-state index in [1.54, 1.807) is 22.7 Å². The average Bonchev–Trinajstić information content (AvgIpc) is 3.54. The second-order valence-electron chi connectivity index (χ2n) is 9.66. The Balaban J connectivity index is 1.17. The molecule has 0 aromatic carbocycles. The molecule has 5 heterocycles. The lowest BCUT2D eigenvalue weighted by molar-refractivity contribution is -0.116. The van der Waals surface area contributed by atoms with E-state index in [2.05, 4.69) is 33.2 Å². The van der Waals surface area contributed by atoms with Crippen LogP contribution < -0.4 is 21.3 Å². The summed E-state index contributed by atoms with van der Waals surface area (Å²) in [6, 6.07) is 2.98. The van der Waals surface area contributed by atoms with E-state index in [1.165, 1.54) is 23.3 Å². The van der Waals surface area contributed by atoms with Gasteiger partial charge in [-0.3, -0.25) is 9.78 Å². The second-order valence-corrected chi connectivity index (χ2v) is 11.8. The molecule has 174 valence electrons. The summed E-state index contributed by atoms with van der Waals surface area (Å²) in [6.07, 6.45) is 7.53. The van der Waals surface area contributed by atoms with Gasteiger partial charge in [0.2, 0.25) is 5.91 Å². The zero-order valence-electron chi connectivity index (χ0n) is 18.8. The predicted octanol–water partition coefficient (Wildman–Crippen LogP) is 3.37. The van der Waals surface area contributed by atoms with E-state index >= 15 is 0 Å². The monoisotopic (exact) mass is 482 g/mol. The first kappa shape index (κ1) is 21.6. The Morgan fingerprint density at radius 3 is 2.91 bits per heavy atom. The molecule has 1 amide bonds. The van der Waals surface area contributed by atoms with Crippen molar-refractivity contribution in [2.75, 3.05) is 25.0 Å². The van der Waals surface area contributed by atoms with Crippen LogP contribution in [0.25, 0.3) is 20.8 Å². The molecular formula is C24H30N6OS2. The first-order valence-corrected chi connectivity index (χ1v) is 13.6. The number of nitrogens with zero attached hydrogens (tertiary/aromatic N) is 2. The van der Waals surface area contributed by atoms with Gasteiger partial charge in [-0.25, -0.2) is 4.98 Å². The number of amides is 1. The highest BCUT2D eigenvalue weighted by Gasteiger charge is 2.36. The van der Waals surface area contributed by atoms with Gasteiger partial charge in [0.05, 0.1) is 10.9 Å². The molecule has 6 rings (SSSR count). The minimum Gasteiger partial charge on any atom is -0.317 e. The maximum Gasteiger partial charge on any atom is 0.226 e. The number of carbonyl (C=O) groups excluding carboxylic acids is 1. The molecule has 1 aliphatic carbocycles. The molecule has 3 aromatic heterocycles. The van der Waals surface area contributed by atoms with E-state index < -0.39 is 0 Å². The number of thiazole rings is 1. The molecular weight excluding hydrogens is 452 g/mol. The molecule has 7 nitrogen and oxygen atoms in total. The molecule has 1 saturated heterocycles. The summed E-state index contributed by atoms with van der Waals surface area (Å²) in [5.41, 5.74) is 3.36. The van der Waals surface area contributed by atoms with Gasteiger partial charge in [0, 0.05) is 48.2 Å². The van der Waals surface area contributed by atoms with Crippen LogP contribution in [-0.4, -0.2) is 47.6 Å². The van der Waals surface area contributed by atoms with Crippen molar-refractivity contribution in [1.29, 1.82) is 0 Å². The van der Waals surface area contributed by atoms with Crippen LogP contribution in [0.1, 0.15) is 36.6 Å². The molecule has 4 N–H and O–H groups in total. The van der Waals surface area contributed by atoms with E-state index in [4.69, 9.17) is 4.98 Å². The molecule has 2 aliphatic heterocycles. The van der Waals surface area contributed by atoms with Gasteiger partial charge in [0.1, 0.15) is 15.5 Å². The molecule has 3 atom stereocenters. The number of carbonyl (C=O) groups is 1. The summed E-state index contributed by atoms with van der Waals surface area (Å²) in [5, 5.41) is 15.8. The Hall–Kier alpha value is -1.91. The topological polar surface area (TPSA) is 91.0 Å². The van der Waals surface area contributed by atoms with Crippen LogP contribution in [0.15, 0.2) is 18.5 Å². The van der Waals surface area contributed by atoms with E-state index in [0.717, 1.165) is 70.2 Å². The molecule has 0 radical (unpaired) electrons. The highest BCUT2D eigenvalue weighted by molar-refractivity contribution is 7.22. The van der Waals surface area contributed by atoms with Crippen LogP contribution >= 0.6 is 22.7 Å². The van der Waals surface area contributed by atoms with E-state index in [0.29, 0.717) is 18.5 Å². The minimum atomic E-state index is 0.0750. The smallest absolute Gasteiger partial charge is 0.226 e. The lowest BCUT2D eigenvalue weighted by Crippen LogP contribution is -2.32. The summed E-state index contributed by atoms with van der Waals surface area (Å²) in [5.74, 6) is 1.71. The lowest BCUT2D eigenvalue weighted by atomic mass is 9.99. The first-order valence-electron chi connectivity index (χ1n) is 12.0. The third-order valence-corrected chi connectivity index (χ3v) is 9.51. The van der Waals surface area contributed by atoms with Crippen molar-refractivity contribution >= 4 is 43.8 Å². The number of rotatable bonds is 6. The highest BCUT2D eigenvalue weighted by Crippen LogP contribution is 2.45. The number of anilines is 1. The van der Waals surface area contributed by atoms with Crippen molar-refractivity contribution in [1.82, 2.24) is 25.9 Å². The summed E-state index contributed by atoms with van der Waals surface area (Å²) < 4.78 is 1.12. The fourth-order valence-electron chi connectivity index (χ4n) is 5.63. The Morgan fingerprint density at radius 1 is 1.24 bits per heavy atom. The van der Waals surface area contributed by atoms with Crippen LogP contribution in [0.2, 0.25) is 0 Å². The van der Waals surface area contributed by atoms with Crippen molar-refractivity contribution in [3.05, 3.63) is 28.9 Å². The maximum absolute atomic E-state index is 12.9. The van der Waals surface area contributed by atoms with Gasteiger partial charge in [-0.2, -0.15) is 0 Å². The third-order valence-electron chi connectivity index (χ3n) is 7.31. The molecule has 1 saturated carbocycles. The highest BCUT2D eigenvalue weighted by atomic mass is 32.1. The number of hydrogen-bond donors (Lipinski definition) is 4. The molecule has 2 unspecified atom stereocenters. The summed E-state index contributed by atoms with van der Waals surface area (Å²) in [4.78, 5) is 23.3. The zero-order valence-corrected chi connectivity index (χ0v) is 20.5. The number of hydrogen-bond acceptors (Lipinski definition) is 8. The fourth-order valence-corrected chi connectivity index (χ4v) is 7.90. The van der Waals surface area contributed by atoms with Gasteiger partial charge in [-0.05, 0) is 62.7 Å². The van der Waals surface area contributed by atoms with Crippen molar-refractivity contribution in [3.8, 4) is 10.6 Å². The second kappa shape index (κ2) is 9.03. The molecule has 3 aromatic rings. The van der Waals surface area contributed by atoms with Gasteiger partial charge >= 0.3 is 0 Å². The SMILES string of the molecule is C[C@@H]1Cc2c(sc(NC(=O)CCNC3CC4CNCC4C3)c2-c2nc3cnccc3s2)CN1.